The summed E-state index contributed by atoms with van der Waals surface area (Å²) in [5.74, 6) is -0.180. The molecule has 1 aromatic carbocycles. The minimum Gasteiger partial charge on any atom is -0.390 e. The number of rotatable bonds is 13. The second-order valence-corrected chi connectivity index (χ2v) is 7.98. The van der Waals surface area contributed by atoms with Crippen molar-refractivity contribution in [2.75, 3.05) is 26.7 Å². The van der Waals surface area contributed by atoms with Crippen molar-refractivity contribution in [1.29, 1.82) is 0 Å². The summed E-state index contributed by atoms with van der Waals surface area (Å²) in [5, 5.41) is 16.4. The Balaban J connectivity index is 1.62. The molecule has 1 aliphatic carbocycles. The van der Waals surface area contributed by atoms with Gasteiger partial charge in [0.25, 0.3) is 0 Å². The molecule has 2 rings (SSSR count). The summed E-state index contributed by atoms with van der Waals surface area (Å²) in [5.41, 5.74) is 3.34. The number of aliphatic hydroxyl groups excluding tert-OH is 1. The van der Waals surface area contributed by atoms with Crippen molar-refractivity contribution in [2.45, 2.75) is 51.2 Å². The average Bonchev–Trinajstić information content (AvgIpc) is 3.16. The molecule has 0 saturated heterocycles. The minimum atomic E-state index is -0.626. The molecule has 1 unspecified atom stereocenters. The molecule has 0 aromatic heterocycles. The van der Waals surface area contributed by atoms with Crippen LogP contribution in [-0.4, -0.2) is 61.0 Å². The third-order valence-electron chi connectivity index (χ3n) is 5.32. The Morgan fingerprint density at radius 1 is 1.23 bits per heavy atom. The van der Waals surface area contributed by atoms with E-state index in [9.17, 15) is 14.7 Å². The van der Waals surface area contributed by atoms with Crippen molar-refractivity contribution in [1.82, 2.24) is 15.5 Å². The molecule has 0 heterocycles. The Morgan fingerprint density at radius 2 is 1.93 bits per heavy atom. The first kappa shape index (κ1) is 23.8. The molecule has 0 spiro atoms. The molecule has 0 radical (unpaired) electrons. The largest absolute Gasteiger partial charge is 0.390 e. The topological polar surface area (TPSA) is 81.7 Å². The number of nitrogens with zero attached hydrogens (tertiary/aromatic N) is 1. The van der Waals surface area contributed by atoms with Gasteiger partial charge in [-0.15, -0.1) is 0 Å². The first-order chi connectivity index (χ1) is 14.5. The van der Waals surface area contributed by atoms with E-state index in [0.29, 0.717) is 24.6 Å². The number of hydrogen-bond acceptors (Lipinski definition) is 5. The SMILES string of the molecule is C/C(=C\C=C\N(C)CCCCC=O)C(=O)NCC(O)CNC1Cc2ccccc2C1. The molecule has 1 aliphatic rings. The molecule has 6 nitrogen and oxygen atoms in total. The Bertz CT molecular complexity index is 720. The fourth-order valence-corrected chi connectivity index (χ4v) is 3.50. The van der Waals surface area contributed by atoms with Gasteiger partial charge in [0.15, 0.2) is 0 Å². The van der Waals surface area contributed by atoms with E-state index in [4.69, 9.17) is 0 Å². The van der Waals surface area contributed by atoms with E-state index in [1.807, 2.05) is 24.2 Å². The standard InChI is InChI=1S/C24H35N3O3/c1-19(9-8-13-27(2)12-6-3-7-14-28)24(30)26-18-23(29)17-25-22-15-20-10-4-5-11-21(20)16-22/h4-5,8-11,13-14,22-23,25,29H,3,6-7,12,15-18H2,1-2H3,(H,26,30)/b13-8+,19-9+. The number of carbonyl (C=O) groups is 2. The number of fused-ring (bicyclic) bond motifs is 1. The molecule has 0 fully saturated rings. The molecule has 0 saturated carbocycles. The Hall–Kier alpha value is -2.44. The molecular formula is C24H35N3O3. The molecule has 3 N–H and O–H groups in total. The summed E-state index contributed by atoms with van der Waals surface area (Å²) < 4.78 is 0. The molecule has 1 atom stereocenters. The maximum Gasteiger partial charge on any atom is 0.247 e. The highest BCUT2D eigenvalue weighted by atomic mass is 16.3. The summed E-state index contributed by atoms with van der Waals surface area (Å²) in [6.45, 7) is 3.30. The van der Waals surface area contributed by atoms with Crippen LogP contribution in [-0.2, 0) is 22.4 Å². The molecule has 1 amide bonds. The van der Waals surface area contributed by atoms with Crippen LogP contribution in [0.15, 0.2) is 48.2 Å². The van der Waals surface area contributed by atoms with Gasteiger partial charge in [0.2, 0.25) is 5.91 Å². The summed E-state index contributed by atoms with van der Waals surface area (Å²) in [7, 11) is 1.97. The predicted molar refractivity (Wildman–Crippen MR) is 120 cm³/mol. The Morgan fingerprint density at radius 3 is 2.60 bits per heavy atom. The lowest BCUT2D eigenvalue weighted by atomic mass is 10.1. The number of nitrogens with one attached hydrogen (secondary N) is 2. The molecule has 0 bridgehead atoms. The van der Waals surface area contributed by atoms with Gasteiger partial charge in [-0.3, -0.25) is 4.79 Å². The van der Waals surface area contributed by atoms with Crippen molar-refractivity contribution in [3.63, 3.8) is 0 Å². The van der Waals surface area contributed by atoms with Crippen LogP contribution in [0, 0.1) is 0 Å². The number of amides is 1. The van der Waals surface area contributed by atoms with E-state index in [-0.39, 0.29) is 12.5 Å². The first-order valence-corrected chi connectivity index (χ1v) is 10.7. The third-order valence-corrected chi connectivity index (χ3v) is 5.32. The number of benzene rings is 1. The Kier molecular flexibility index (Phi) is 10.3. The van der Waals surface area contributed by atoms with Gasteiger partial charge in [-0.25, -0.2) is 0 Å². The van der Waals surface area contributed by atoms with Crippen molar-refractivity contribution in [3.8, 4) is 0 Å². The zero-order valence-corrected chi connectivity index (χ0v) is 18.1. The van der Waals surface area contributed by atoms with E-state index in [1.54, 1.807) is 13.0 Å². The lowest BCUT2D eigenvalue weighted by Crippen LogP contribution is -2.42. The number of carbonyl (C=O) groups excluding carboxylic acids is 2. The van der Waals surface area contributed by atoms with Crippen LogP contribution in [0.25, 0.3) is 0 Å². The van der Waals surface area contributed by atoms with Crippen molar-refractivity contribution in [2.24, 2.45) is 0 Å². The first-order valence-electron chi connectivity index (χ1n) is 10.7. The van der Waals surface area contributed by atoms with Gasteiger partial charge in [0.05, 0.1) is 6.10 Å². The van der Waals surface area contributed by atoms with Crippen molar-refractivity contribution >= 4 is 12.2 Å². The summed E-state index contributed by atoms with van der Waals surface area (Å²) in [6, 6.07) is 8.77. The van der Waals surface area contributed by atoms with Gasteiger partial charge in [0.1, 0.15) is 6.29 Å². The third kappa shape index (κ3) is 8.51. The van der Waals surface area contributed by atoms with Gasteiger partial charge in [-0.1, -0.05) is 30.3 Å². The highest BCUT2D eigenvalue weighted by Gasteiger charge is 2.21. The lowest BCUT2D eigenvalue weighted by molar-refractivity contribution is -0.117. The maximum atomic E-state index is 12.2. The second kappa shape index (κ2) is 13.0. The summed E-state index contributed by atoms with van der Waals surface area (Å²) in [4.78, 5) is 24.5. The van der Waals surface area contributed by atoms with Crippen LogP contribution in [0.1, 0.15) is 37.3 Å². The van der Waals surface area contributed by atoms with Crippen LogP contribution in [0.3, 0.4) is 0 Å². The van der Waals surface area contributed by atoms with E-state index in [1.165, 1.54) is 11.1 Å². The monoisotopic (exact) mass is 413 g/mol. The fraction of sp³-hybridized carbons (Fsp3) is 0.500. The number of allylic oxidation sites excluding steroid dienone is 2. The van der Waals surface area contributed by atoms with Crippen LogP contribution >= 0.6 is 0 Å². The number of aldehydes is 1. The molecule has 30 heavy (non-hydrogen) atoms. The minimum absolute atomic E-state index is 0.180. The number of aliphatic hydroxyl groups is 1. The second-order valence-electron chi connectivity index (χ2n) is 7.98. The molecule has 164 valence electrons. The van der Waals surface area contributed by atoms with Crippen LogP contribution in [0.5, 0.6) is 0 Å². The summed E-state index contributed by atoms with van der Waals surface area (Å²) in [6.07, 6.45) is 10.2. The van der Waals surface area contributed by atoms with Crippen molar-refractivity contribution in [3.05, 3.63) is 59.3 Å². The fourth-order valence-electron chi connectivity index (χ4n) is 3.50. The van der Waals surface area contributed by atoms with Crippen LogP contribution in [0.4, 0.5) is 0 Å². The lowest BCUT2D eigenvalue weighted by Gasteiger charge is -2.17. The maximum absolute atomic E-state index is 12.2. The van der Waals surface area contributed by atoms with Gasteiger partial charge >= 0.3 is 0 Å². The van der Waals surface area contributed by atoms with E-state index in [0.717, 1.165) is 38.5 Å². The molecule has 1 aromatic rings. The average molecular weight is 414 g/mol. The van der Waals surface area contributed by atoms with Crippen molar-refractivity contribution < 1.29 is 14.7 Å². The zero-order chi connectivity index (χ0) is 21.8. The smallest absolute Gasteiger partial charge is 0.247 e. The molecular weight excluding hydrogens is 378 g/mol. The zero-order valence-electron chi connectivity index (χ0n) is 18.1. The normalized spacial score (nSPS) is 15.2. The highest BCUT2D eigenvalue weighted by molar-refractivity contribution is 5.93. The van der Waals surface area contributed by atoms with Crippen LogP contribution in [0.2, 0.25) is 0 Å². The van der Waals surface area contributed by atoms with Gasteiger partial charge in [-0.2, -0.15) is 0 Å². The quantitative estimate of drug-likeness (QED) is 0.199. The highest BCUT2D eigenvalue weighted by Crippen LogP contribution is 2.21. The molecule has 6 heteroatoms. The van der Waals surface area contributed by atoms with E-state index >= 15 is 0 Å². The predicted octanol–water partition coefficient (Wildman–Crippen LogP) is 1.98. The van der Waals surface area contributed by atoms with Gasteiger partial charge in [-0.05, 0) is 56.0 Å². The van der Waals surface area contributed by atoms with Gasteiger partial charge in [0, 0.05) is 44.7 Å². The van der Waals surface area contributed by atoms with Crippen LogP contribution < -0.4 is 10.6 Å². The van der Waals surface area contributed by atoms with E-state index < -0.39 is 6.10 Å². The Labute approximate surface area is 180 Å². The number of unbranched alkanes of at least 4 members (excludes halogenated alkanes) is 2. The van der Waals surface area contributed by atoms with E-state index in [2.05, 4.69) is 34.9 Å². The summed E-state index contributed by atoms with van der Waals surface area (Å²) >= 11 is 0. The molecule has 0 aliphatic heterocycles. The van der Waals surface area contributed by atoms with Gasteiger partial charge < -0.3 is 25.4 Å². The number of hydrogen-bond donors (Lipinski definition) is 3.